The van der Waals surface area contributed by atoms with Gasteiger partial charge in [-0.3, -0.25) is 4.79 Å². The lowest BCUT2D eigenvalue weighted by atomic mass is 10.1. The van der Waals surface area contributed by atoms with Crippen LogP contribution >= 0.6 is 0 Å². The molecule has 1 aliphatic heterocycles. The fourth-order valence-electron chi connectivity index (χ4n) is 2.23. The quantitative estimate of drug-likeness (QED) is 0.869. The van der Waals surface area contributed by atoms with Gasteiger partial charge in [0.2, 0.25) is 5.91 Å². The van der Waals surface area contributed by atoms with Gasteiger partial charge in [-0.05, 0) is 56.6 Å². The van der Waals surface area contributed by atoms with Crippen LogP contribution in [0.1, 0.15) is 24.8 Å². The largest absolute Gasteiger partial charge is 0.378 e. The number of benzene rings is 1. The van der Waals surface area contributed by atoms with Gasteiger partial charge >= 0.3 is 0 Å². The standard InChI is InChI=1S/C15H21FN2O2/c1-11-10-12(2-3-14(11)16)18-15(19)6-9-20-13-4-7-17-8-5-13/h2-3,10,13,17H,4-9H2,1H3,(H,18,19). The lowest BCUT2D eigenvalue weighted by molar-refractivity contribution is -0.117. The molecule has 1 aliphatic rings. The van der Waals surface area contributed by atoms with Crippen LogP contribution in [-0.4, -0.2) is 31.7 Å². The molecule has 110 valence electrons. The minimum atomic E-state index is -0.266. The van der Waals surface area contributed by atoms with Crippen molar-refractivity contribution in [3.05, 3.63) is 29.6 Å². The highest BCUT2D eigenvalue weighted by Crippen LogP contribution is 2.14. The average Bonchev–Trinajstić information content (AvgIpc) is 2.44. The minimum absolute atomic E-state index is 0.107. The van der Waals surface area contributed by atoms with Crippen molar-refractivity contribution in [1.29, 1.82) is 0 Å². The first-order chi connectivity index (χ1) is 9.65. The molecular formula is C15H21FN2O2. The number of piperidine rings is 1. The Labute approximate surface area is 118 Å². The number of amides is 1. The Morgan fingerprint density at radius 3 is 2.90 bits per heavy atom. The number of nitrogens with one attached hydrogen (secondary N) is 2. The van der Waals surface area contributed by atoms with E-state index in [0.29, 0.717) is 24.3 Å². The van der Waals surface area contributed by atoms with Gasteiger partial charge in [-0.15, -0.1) is 0 Å². The summed E-state index contributed by atoms with van der Waals surface area (Å²) in [6, 6.07) is 4.55. The summed E-state index contributed by atoms with van der Waals surface area (Å²) in [5, 5.41) is 6.02. The highest BCUT2D eigenvalue weighted by molar-refractivity contribution is 5.90. The van der Waals surface area contributed by atoms with Gasteiger partial charge in [0.1, 0.15) is 5.82 Å². The van der Waals surface area contributed by atoms with Crippen LogP contribution in [0.15, 0.2) is 18.2 Å². The monoisotopic (exact) mass is 280 g/mol. The van der Waals surface area contributed by atoms with E-state index in [0.717, 1.165) is 25.9 Å². The van der Waals surface area contributed by atoms with Crippen molar-refractivity contribution in [2.24, 2.45) is 0 Å². The lowest BCUT2D eigenvalue weighted by Gasteiger charge is -2.22. The zero-order valence-electron chi connectivity index (χ0n) is 11.7. The summed E-state index contributed by atoms with van der Waals surface area (Å²) in [5.74, 6) is -0.373. The summed E-state index contributed by atoms with van der Waals surface area (Å²) in [4.78, 5) is 11.8. The van der Waals surface area contributed by atoms with Crippen LogP contribution in [0.4, 0.5) is 10.1 Å². The molecule has 0 aromatic heterocycles. The second-order valence-electron chi connectivity index (χ2n) is 5.08. The van der Waals surface area contributed by atoms with E-state index in [4.69, 9.17) is 4.74 Å². The fourth-order valence-corrected chi connectivity index (χ4v) is 2.23. The molecule has 1 heterocycles. The lowest BCUT2D eigenvalue weighted by Crippen LogP contribution is -2.33. The molecule has 0 unspecified atom stereocenters. The van der Waals surface area contributed by atoms with E-state index >= 15 is 0 Å². The van der Waals surface area contributed by atoms with Gasteiger partial charge < -0.3 is 15.4 Å². The number of hydrogen-bond donors (Lipinski definition) is 2. The van der Waals surface area contributed by atoms with Crippen molar-refractivity contribution >= 4 is 11.6 Å². The predicted octanol–water partition coefficient (Wildman–Crippen LogP) is 2.23. The van der Waals surface area contributed by atoms with Crippen LogP contribution in [0.2, 0.25) is 0 Å². The van der Waals surface area contributed by atoms with E-state index in [-0.39, 0.29) is 17.8 Å². The summed E-state index contributed by atoms with van der Waals surface area (Å²) < 4.78 is 18.8. The first-order valence-corrected chi connectivity index (χ1v) is 7.03. The summed E-state index contributed by atoms with van der Waals surface area (Å²) in [5.41, 5.74) is 1.14. The highest BCUT2D eigenvalue weighted by Gasteiger charge is 2.13. The van der Waals surface area contributed by atoms with E-state index < -0.39 is 0 Å². The average molecular weight is 280 g/mol. The number of carbonyl (C=O) groups excluding carboxylic acids is 1. The number of rotatable bonds is 5. The molecule has 0 radical (unpaired) electrons. The fraction of sp³-hybridized carbons (Fsp3) is 0.533. The van der Waals surface area contributed by atoms with Crippen molar-refractivity contribution in [2.75, 3.05) is 25.0 Å². The van der Waals surface area contributed by atoms with E-state index in [9.17, 15) is 9.18 Å². The van der Waals surface area contributed by atoms with Crippen LogP contribution in [0.25, 0.3) is 0 Å². The second-order valence-corrected chi connectivity index (χ2v) is 5.08. The SMILES string of the molecule is Cc1cc(NC(=O)CCOC2CCNCC2)ccc1F. The van der Waals surface area contributed by atoms with Crippen LogP contribution in [0, 0.1) is 12.7 Å². The Hall–Kier alpha value is -1.46. The molecule has 0 aliphatic carbocycles. The van der Waals surface area contributed by atoms with E-state index in [1.54, 1.807) is 19.1 Å². The Morgan fingerprint density at radius 2 is 2.20 bits per heavy atom. The van der Waals surface area contributed by atoms with Crippen LogP contribution in [0.3, 0.4) is 0 Å². The number of ether oxygens (including phenoxy) is 1. The summed E-state index contributed by atoms with van der Waals surface area (Å²) in [6.45, 7) is 4.05. The van der Waals surface area contributed by atoms with Gasteiger partial charge in [0.25, 0.3) is 0 Å². The minimum Gasteiger partial charge on any atom is -0.378 e. The zero-order valence-corrected chi connectivity index (χ0v) is 11.7. The second kappa shape index (κ2) is 7.36. The van der Waals surface area contributed by atoms with Crippen LogP contribution in [-0.2, 0) is 9.53 Å². The smallest absolute Gasteiger partial charge is 0.226 e. The third-order valence-electron chi connectivity index (χ3n) is 3.41. The molecule has 2 N–H and O–H groups in total. The maximum absolute atomic E-state index is 13.1. The van der Waals surface area contributed by atoms with Gasteiger partial charge in [0.05, 0.1) is 19.1 Å². The number of carbonyl (C=O) groups is 1. The summed E-state index contributed by atoms with van der Waals surface area (Å²) >= 11 is 0. The molecule has 0 saturated carbocycles. The van der Waals surface area contributed by atoms with E-state index in [1.165, 1.54) is 6.07 Å². The van der Waals surface area contributed by atoms with Gasteiger partial charge in [0, 0.05) is 5.69 Å². The third-order valence-corrected chi connectivity index (χ3v) is 3.41. The first-order valence-electron chi connectivity index (χ1n) is 7.03. The number of halogens is 1. The third kappa shape index (κ3) is 4.58. The normalized spacial score (nSPS) is 16.1. The Kier molecular flexibility index (Phi) is 5.49. The zero-order chi connectivity index (χ0) is 14.4. The van der Waals surface area contributed by atoms with E-state index in [1.807, 2.05) is 0 Å². The molecule has 20 heavy (non-hydrogen) atoms. The molecule has 1 fully saturated rings. The predicted molar refractivity (Wildman–Crippen MR) is 76.2 cm³/mol. The van der Waals surface area contributed by atoms with Crippen molar-refractivity contribution < 1.29 is 13.9 Å². The molecule has 4 nitrogen and oxygen atoms in total. The summed E-state index contributed by atoms with van der Waals surface area (Å²) in [7, 11) is 0. The first kappa shape index (κ1) is 14.9. The number of aryl methyl sites for hydroxylation is 1. The Balaban J connectivity index is 1.70. The van der Waals surface area contributed by atoms with Gasteiger partial charge in [-0.2, -0.15) is 0 Å². The van der Waals surface area contributed by atoms with Gasteiger partial charge in [-0.25, -0.2) is 4.39 Å². The topological polar surface area (TPSA) is 50.4 Å². The molecule has 5 heteroatoms. The highest BCUT2D eigenvalue weighted by atomic mass is 19.1. The van der Waals surface area contributed by atoms with Crippen molar-refractivity contribution in [2.45, 2.75) is 32.3 Å². The van der Waals surface area contributed by atoms with Crippen molar-refractivity contribution in [1.82, 2.24) is 5.32 Å². The van der Waals surface area contributed by atoms with Gasteiger partial charge in [-0.1, -0.05) is 0 Å². The maximum Gasteiger partial charge on any atom is 0.226 e. The number of hydrogen-bond acceptors (Lipinski definition) is 3. The molecule has 1 saturated heterocycles. The van der Waals surface area contributed by atoms with Crippen molar-refractivity contribution in [3.63, 3.8) is 0 Å². The molecule has 1 aromatic carbocycles. The number of anilines is 1. The molecule has 2 rings (SSSR count). The van der Waals surface area contributed by atoms with Crippen LogP contribution < -0.4 is 10.6 Å². The maximum atomic E-state index is 13.1. The van der Waals surface area contributed by atoms with Crippen LogP contribution in [0.5, 0.6) is 0 Å². The summed E-state index contributed by atoms with van der Waals surface area (Å²) in [6.07, 6.45) is 2.58. The molecule has 1 amide bonds. The molecule has 0 spiro atoms. The molecule has 0 atom stereocenters. The Morgan fingerprint density at radius 1 is 1.45 bits per heavy atom. The molecule has 1 aromatic rings. The molecule has 0 bridgehead atoms. The Bertz CT molecular complexity index is 459. The van der Waals surface area contributed by atoms with Gasteiger partial charge in [0.15, 0.2) is 0 Å². The molecular weight excluding hydrogens is 259 g/mol. The van der Waals surface area contributed by atoms with E-state index in [2.05, 4.69) is 10.6 Å². The van der Waals surface area contributed by atoms with Crippen molar-refractivity contribution in [3.8, 4) is 0 Å².